The van der Waals surface area contributed by atoms with E-state index in [0.29, 0.717) is 12.1 Å². The first-order chi connectivity index (χ1) is 9.40. The Morgan fingerprint density at radius 1 is 1.37 bits per heavy atom. The molecule has 0 aliphatic carbocycles. The summed E-state index contributed by atoms with van der Waals surface area (Å²) in [5.41, 5.74) is 1.41. The van der Waals surface area contributed by atoms with Gasteiger partial charge in [-0.05, 0) is 48.2 Å². The van der Waals surface area contributed by atoms with E-state index in [1.54, 1.807) is 0 Å². The third-order valence-electron chi connectivity index (χ3n) is 3.86. The number of nitrogens with one attached hydrogen (secondary N) is 1. The average Bonchev–Trinajstić information content (AvgIpc) is 2.89. The maximum Gasteiger partial charge on any atom is 0.0770 e. The van der Waals surface area contributed by atoms with Crippen LogP contribution in [-0.4, -0.2) is 19.3 Å². The van der Waals surface area contributed by atoms with Gasteiger partial charge < -0.3 is 10.1 Å². The van der Waals surface area contributed by atoms with E-state index in [9.17, 15) is 0 Å². The predicted molar refractivity (Wildman–Crippen MR) is 81.8 cm³/mol. The summed E-state index contributed by atoms with van der Waals surface area (Å²) >= 11 is 1.84. The van der Waals surface area contributed by atoms with Crippen molar-refractivity contribution in [3.8, 4) is 0 Å². The second kappa shape index (κ2) is 6.04. The monoisotopic (exact) mass is 275 g/mol. The molecule has 1 fully saturated rings. The van der Waals surface area contributed by atoms with Crippen molar-refractivity contribution < 1.29 is 4.74 Å². The molecule has 0 bridgehead atoms. The minimum Gasteiger partial charge on any atom is -0.376 e. The number of likely N-dealkylation sites (N-methyl/N-ethyl adjacent to an activating group) is 1. The van der Waals surface area contributed by atoms with Crippen molar-refractivity contribution in [1.82, 2.24) is 5.32 Å². The van der Waals surface area contributed by atoms with Crippen molar-refractivity contribution in [3.63, 3.8) is 0 Å². The average molecular weight is 275 g/mol. The van der Waals surface area contributed by atoms with Crippen molar-refractivity contribution in [3.05, 3.63) is 35.2 Å². The fourth-order valence-corrected chi connectivity index (χ4v) is 3.93. The number of thiophene rings is 1. The molecule has 3 rings (SSSR count). The highest BCUT2D eigenvalue weighted by molar-refractivity contribution is 7.17. The molecule has 2 atom stereocenters. The van der Waals surface area contributed by atoms with Crippen molar-refractivity contribution in [1.29, 1.82) is 0 Å². The summed E-state index contributed by atoms with van der Waals surface area (Å²) in [6, 6.07) is 9.01. The lowest BCUT2D eigenvalue weighted by atomic mass is 9.95. The van der Waals surface area contributed by atoms with E-state index in [4.69, 9.17) is 4.74 Å². The van der Waals surface area contributed by atoms with Crippen molar-refractivity contribution in [2.45, 2.75) is 38.3 Å². The van der Waals surface area contributed by atoms with Crippen LogP contribution in [0.15, 0.2) is 29.6 Å². The molecule has 0 radical (unpaired) electrons. The van der Waals surface area contributed by atoms with Gasteiger partial charge in [-0.15, -0.1) is 11.3 Å². The molecule has 1 aliphatic rings. The van der Waals surface area contributed by atoms with Gasteiger partial charge in [-0.25, -0.2) is 0 Å². The molecule has 1 aromatic carbocycles. The Morgan fingerprint density at radius 2 is 2.26 bits per heavy atom. The van der Waals surface area contributed by atoms with Gasteiger partial charge in [-0.3, -0.25) is 0 Å². The molecule has 2 nitrogen and oxygen atoms in total. The fraction of sp³-hybridized carbons (Fsp3) is 0.500. The first-order valence-corrected chi connectivity index (χ1v) is 8.09. The first kappa shape index (κ1) is 13.1. The van der Waals surface area contributed by atoms with Gasteiger partial charge >= 0.3 is 0 Å². The summed E-state index contributed by atoms with van der Waals surface area (Å²) in [4.78, 5) is 0. The Balaban J connectivity index is 1.94. The van der Waals surface area contributed by atoms with Crippen LogP contribution in [0.25, 0.3) is 10.1 Å². The van der Waals surface area contributed by atoms with Gasteiger partial charge in [0.15, 0.2) is 0 Å². The lowest BCUT2D eigenvalue weighted by molar-refractivity contribution is -0.00749. The lowest BCUT2D eigenvalue weighted by Gasteiger charge is -2.31. The molecule has 102 valence electrons. The molecule has 1 saturated heterocycles. The number of hydrogen-bond acceptors (Lipinski definition) is 3. The van der Waals surface area contributed by atoms with Crippen LogP contribution in [0.1, 0.15) is 37.8 Å². The zero-order chi connectivity index (χ0) is 13.1. The number of benzene rings is 1. The van der Waals surface area contributed by atoms with Gasteiger partial charge in [-0.2, -0.15) is 0 Å². The summed E-state index contributed by atoms with van der Waals surface area (Å²) in [6.07, 6.45) is 3.99. The Kier molecular flexibility index (Phi) is 4.16. The summed E-state index contributed by atoms with van der Waals surface area (Å²) in [5.74, 6) is 0. The summed E-state index contributed by atoms with van der Waals surface area (Å²) in [6.45, 7) is 4.06. The smallest absolute Gasteiger partial charge is 0.0770 e. The molecule has 19 heavy (non-hydrogen) atoms. The first-order valence-electron chi connectivity index (χ1n) is 7.21. The van der Waals surface area contributed by atoms with Crippen LogP contribution in [0, 0.1) is 0 Å². The zero-order valence-electron chi connectivity index (χ0n) is 11.4. The highest BCUT2D eigenvalue weighted by Gasteiger charge is 2.27. The molecular formula is C16H21NOS. The van der Waals surface area contributed by atoms with E-state index < -0.39 is 0 Å². The molecule has 0 amide bonds. The van der Waals surface area contributed by atoms with Crippen molar-refractivity contribution in [2.75, 3.05) is 13.2 Å². The third kappa shape index (κ3) is 2.69. The standard InChI is InChI=1S/C16H21NOS/c1-2-17-16(14-8-5-6-10-18-14)13-11-19-15-9-4-3-7-12(13)15/h3-4,7,9,11,14,16-17H,2,5-6,8,10H2,1H3. The molecule has 2 unspecified atom stereocenters. The fourth-order valence-electron chi connectivity index (χ4n) is 2.93. The van der Waals surface area contributed by atoms with Gasteiger partial charge in [0.25, 0.3) is 0 Å². The molecule has 1 N–H and O–H groups in total. The molecule has 2 heterocycles. The lowest BCUT2D eigenvalue weighted by Crippen LogP contribution is -2.35. The maximum absolute atomic E-state index is 6.01. The second-order valence-corrected chi connectivity index (χ2v) is 6.04. The van der Waals surface area contributed by atoms with E-state index in [2.05, 4.69) is 41.9 Å². The molecular weight excluding hydrogens is 254 g/mol. The van der Waals surface area contributed by atoms with Crippen LogP contribution in [0.2, 0.25) is 0 Å². The summed E-state index contributed by atoms with van der Waals surface area (Å²) < 4.78 is 7.38. The van der Waals surface area contributed by atoms with Crippen LogP contribution in [-0.2, 0) is 4.74 Å². The minimum atomic E-state index is 0.326. The molecule has 0 spiro atoms. The molecule has 3 heteroatoms. The van der Waals surface area contributed by atoms with Crippen LogP contribution in [0.3, 0.4) is 0 Å². The Bertz CT molecular complexity index is 530. The number of ether oxygens (including phenoxy) is 1. The van der Waals surface area contributed by atoms with Crippen LogP contribution in [0.4, 0.5) is 0 Å². The normalized spacial score (nSPS) is 21.6. The third-order valence-corrected chi connectivity index (χ3v) is 4.84. The zero-order valence-corrected chi connectivity index (χ0v) is 12.2. The molecule has 1 aromatic heterocycles. The predicted octanol–water partition coefficient (Wildman–Crippen LogP) is 4.12. The van der Waals surface area contributed by atoms with E-state index >= 15 is 0 Å². The van der Waals surface area contributed by atoms with Gasteiger partial charge in [-0.1, -0.05) is 25.1 Å². The van der Waals surface area contributed by atoms with E-state index in [0.717, 1.165) is 13.2 Å². The Morgan fingerprint density at radius 3 is 3.05 bits per heavy atom. The van der Waals surface area contributed by atoms with Gasteiger partial charge in [0.05, 0.1) is 12.1 Å². The molecule has 1 aliphatic heterocycles. The van der Waals surface area contributed by atoms with Crippen LogP contribution >= 0.6 is 11.3 Å². The second-order valence-electron chi connectivity index (χ2n) is 5.13. The van der Waals surface area contributed by atoms with Crippen LogP contribution in [0.5, 0.6) is 0 Å². The van der Waals surface area contributed by atoms with Gasteiger partial charge in [0.1, 0.15) is 0 Å². The highest BCUT2D eigenvalue weighted by atomic mass is 32.1. The Labute approximate surface area is 118 Å². The summed E-state index contributed by atoms with van der Waals surface area (Å²) in [5, 5.41) is 7.31. The number of fused-ring (bicyclic) bond motifs is 1. The van der Waals surface area contributed by atoms with Crippen molar-refractivity contribution >= 4 is 21.4 Å². The SMILES string of the molecule is CCNC(c1csc2ccccc12)C1CCCCO1. The topological polar surface area (TPSA) is 21.3 Å². The van der Waals surface area contributed by atoms with E-state index in [1.807, 2.05) is 11.3 Å². The van der Waals surface area contributed by atoms with Crippen molar-refractivity contribution in [2.24, 2.45) is 0 Å². The van der Waals surface area contributed by atoms with E-state index in [-0.39, 0.29) is 0 Å². The Hall–Kier alpha value is -0.900. The molecule has 2 aromatic rings. The number of rotatable bonds is 4. The van der Waals surface area contributed by atoms with Crippen LogP contribution < -0.4 is 5.32 Å². The minimum absolute atomic E-state index is 0.326. The summed E-state index contributed by atoms with van der Waals surface area (Å²) in [7, 11) is 0. The quantitative estimate of drug-likeness (QED) is 0.906. The number of hydrogen-bond donors (Lipinski definition) is 1. The maximum atomic E-state index is 6.01. The largest absolute Gasteiger partial charge is 0.376 e. The molecule has 0 saturated carbocycles. The van der Waals surface area contributed by atoms with Gasteiger partial charge in [0, 0.05) is 11.3 Å². The highest BCUT2D eigenvalue weighted by Crippen LogP contribution is 2.34. The van der Waals surface area contributed by atoms with E-state index in [1.165, 1.54) is 34.9 Å². The van der Waals surface area contributed by atoms with Gasteiger partial charge in [0.2, 0.25) is 0 Å².